The van der Waals surface area contributed by atoms with E-state index in [2.05, 4.69) is 5.32 Å². The maximum Gasteiger partial charge on any atom is 0.300 e. The number of likely N-dealkylation sites (N-methyl/N-ethyl adjacent to an activating group) is 1. The number of nitro groups is 2. The van der Waals surface area contributed by atoms with E-state index in [0.717, 1.165) is 12.1 Å². The lowest BCUT2D eigenvalue weighted by Crippen LogP contribution is -2.32. The van der Waals surface area contributed by atoms with Gasteiger partial charge < -0.3 is 15.1 Å². The average Bonchev–Trinajstić information content (AvgIpc) is 2.59. The van der Waals surface area contributed by atoms with Gasteiger partial charge in [0.2, 0.25) is 0 Å². The van der Waals surface area contributed by atoms with Crippen molar-refractivity contribution in [2.24, 2.45) is 0 Å². The van der Waals surface area contributed by atoms with Crippen LogP contribution in [0.5, 0.6) is 0 Å². The van der Waals surface area contributed by atoms with E-state index in [4.69, 9.17) is 23.2 Å². The molecular formula is C15H22Cl3N5O5. The molecule has 158 valence electrons. The Hall–Kier alpha value is -1.88. The Morgan fingerprint density at radius 3 is 1.86 bits per heavy atom. The van der Waals surface area contributed by atoms with Gasteiger partial charge in [0.25, 0.3) is 17.3 Å². The number of alkyl halides is 2. The van der Waals surface area contributed by atoms with Gasteiger partial charge in [-0.1, -0.05) is 0 Å². The second-order valence-corrected chi connectivity index (χ2v) is 6.56. The summed E-state index contributed by atoms with van der Waals surface area (Å²) in [6.07, 6.45) is 0. The molecule has 0 aromatic heterocycles. The number of nitro benzene ring substituents is 2. The normalized spacial score (nSPS) is 10.3. The lowest BCUT2D eigenvalue weighted by molar-refractivity contribution is -0.392. The zero-order valence-electron chi connectivity index (χ0n) is 15.4. The van der Waals surface area contributed by atoms with E-state index in [1.165, 1.54) is 4.90 Å². The van der Waals surface area contributed by atoms with Crippen molar-refractivity contribution >= 4 is 58.6 Å². The maximum atomic E-state index is 12.3. The fourth-order valence-corrected chi connectivity index (χ4v) is 2.78. The van der Waals surface area contributed by atoms with E-state index in [1.807, 2.05) is 19.0 Å². The van der Waals surface area contributed by atoms with Crippen molar-refractivity contribution in [1.82, 2.24) is 10.2 Å². The van der Waals surface area contributed by atoms with Crippen LogP contribution in [0.25, 0.3) is 0 Å². The molecule has 0 saturated heterocycles. The Morgan fingerprint density at radius 1 is 1.04 bits per heavy atom. The number of carbonyl (C=O) groups excluding carboxylic acids is 1. The molecule has 28 heavy (non-hydrogen) atoms. The topological polar surface area (TPSA) is 122 Å². The number of hydrogen-bond donors (Lipinski definition) is 1. The molecule has 0 radical (unpaired) electrons. The highest BCUT2D eigenvalue weighted by Gasteiger charge is 2.32. The number of amides is 1. The second kappa shape index (κ2) is 12.6. The van der Waals surface area contributed by atoms with Gasteiger partial charge in [0.15, 0.2) is 5.69 Å². The van der Waals surface area contributed by atoms with E-state index >= 15 is 0 Å². The highest BCUT2D eigenvalue weighted by Crippen LogP contribution is 2.38. The molecule has 0 aliphatic carbocycles. The van der Waals surface area contributed by atoms with Gasteiger partial charge in [-0.15, -0.1) is 35.6 Å². The third kappa shape index (κ3) is 7.27. The highest BCUT2D eigenvalue weighted by atomic mass is 35.5. The van der Waals surface area contributed by atoms with Crippen molar-refractivity contribution in [2.45, 2.75) is 0 Å². The molecular weight excluding hydrogens is 437 g/mol. The molecule has 0 aliphatic rings. The predicted octanol–water partition coefficient (Wildman–Crippen LogP) is 2.50. The van der Waals surface area contributed by atoms with Crippen molar-refractivity contribution in [3.05, 3.63) is 37.9 Å². The van der Waals surface area contributed by atoms with Crippen LogP contribution in [0.4, 0.5) is 17.1 Å². The van der Waals surface area contributed by atoms with Crippen molar-refractivity contribution in [1.29, 1.82) is 0 Å². The highest BCUT2D eigenvalue weighted by molar-refractivity contribution is 6.18. The molecule has 13 heteroatoms. The zero-order chi connectivity index (χ0) is 20.6. The van der Waals surface area contributed by atoms with Crippen LogP contribution in [0, 0.1) is 20.2 Å². The Morgan fingerprint density at radius 2 is 1.50 bits per heavy atom. The number of nitrogens with zero attached hydrogens (tertiary/aromatic N) is 4. The Kier molecular flexibility index (Phi) is 11.7. The van der Waals surface area contributed by atoms with Crippen LogP contribution in [-0.2, 0) is 0 Å². The molecule has 1 aromatic rings. The van der Waals surface area contributed by atoms with Gasteiger partial charge in [-0.25, -0.2) is 0 Å². The first kappa shape index (κ1) is 26.1. The number of carbonyl (C=O) groups is 1. The first-order valence-electron chi connectivity index (χ1n) is 7.99. The molecule has 1 rings (SSSR count). The van der Waals surface area contributed by atoms with Crippen LogP contribution in [0.3, 0.4) is 0 Å². The van der Waals surface area contributed by atoms with Crippen LogP contribution in [0.15, 0.2) is 12.1 Å². The van der Waals surface area contributed by atoms with E-state index in [9.17, 15) is 25.0 Å². The molecule has 1 amide bonds. The van der Waals surface area contributed by atoms with Gasteiger partial charge in [-0.3, -0.25) is 25.0 Å². The third-order valence-electron chi connectivity index (χ3n) is 3.59. The third-order valence-corrected chi connectivity index (χ3v) is 3.93. The maximum absolute atomic E-state index is 12.3. The summed E-state index contributed by atoms with van der Waals surface area (Å²) in [6.45, 7) is 1.10. The van der Waals surface area contributed by atoms with Gasteiger partial charge in [0, 0.05) is 50.1 Å². The molecule has 0 saturated carbocycles. The van der Waals surface area contributed by atoms with E-state index < -0.39 is 27.1 Å². The zero-order valence-corrected chi connectivity index (χ0v) is 17.7. The summed E-state index contributed by atoms with van der Waals surface area (Å²) in [5.41, 5.74) is -1.46. The minimum atomic E-state index is -0.756. The van der Waals surface area contributed by atoms with Crippen molar-refractivity contribution in [2.75, 3.05) is 56.9 Å². The molecule has 0 spiro atoms. The van der Waals surface area contributed by atoms with Crippen LogP contribution >= 0.6 is 35.6 Å². The summed E-state index contributed by atoms with van der Waals surface area (Å²) in [5.74, 6) is -0.438. The van der Waals surface area contributed by atoms with Gasteiger partial charge in [-0.2, -0.15) is 0 Å². The van der Waals surface area contributed by atoms with Crippen LogP contribution in [-0.4, -0.2) is 72.7 Å². The summed E-state index contributed by atoms with van der Waals surface area (Å²) >= 11 is 11.4. The SMILES string of the molecule is CN(C)CCNC(=O)c1cc([N+](=O)[O-])c(N(CCCl)CCCl)c([N+](=O)[O-])c1.Cl. The largest absolute Gasteiger partial charge is 0.358 e. The lowest BCUT2D eigenvalue weighted by Gasteiger charge is -2.22. The van der Waals surface area contributed by atoms with Crippen molar-refractivity contribution in [3.63, 3.8) is 0 Å². The Labute approximate surface area is 178 Å². The molecule has 1 aromatic carbocycles. The lowest BCUT2D eigenvalue weighted by atomic mass is 10.1. The van der Waals surface area contributed by atoms with Gasteiger partial charge in [0.05, 0.1) is 15.4 Å². The smallest absolute Gasteiger partial charge is 0.300 e. The van der Waals surface area contributed by atoms with Crippen LogP contribution in [0.2, 0.25) is 0 Å². The predicted molar refractivity (Wildman–Crippen MR) is 112 cm³/mol. The summed E-state index contributed by atoms with van der Waals surface area (Å²) < 4.78 is 0. The summed E-state index contributed by atoms with van der Waals surface area (Å²) in [7, 11) is 3.64. The molecule has 1 N–H and O–H groups in total. The minimum absolute atomic E-state index is 0. The molecule has 0 heterocycles. The summed E-state index contributed by atoms with van der Waals surface area (Å²) in [6, 6.07) is 2.06. The molecule has 0 unspecified atom stereocenters. The number of nitrogens with one attached hydrogen (secondary N) is 1. The van der Waals surface area contributed by atoms with Crippen LogP contribution in [0.1, 0.15) is 10.4 Å². The van der Waals surface area contributed by atoms with Gasteiger partial charge >= 0.3 is 0 Å². The van der Waals surface area contributed by atoms with E-state index in [1.54, 1.807) is 0 Å². The quantitative estimate of drug-likeness (QED) is 0.307. The Balaban J connectivity index is 0.00000729. The van der Waals surface area contributed by atoms with Crippen molar-refractivity contribution in [3.8, 4) is 0 Å². The van der Waals surface area contributed by atoms with Crippen molar-refractivity contribution < 1.29 is 14.6 Å². The number of rotatable bonds is 11. The molecule has 0 aliphatic heterocycles. The first-order chi connectivity index (χ1) is 12.7. The molecule has 0 fully saturated rings. The molecule has 0 atom stereocenters. The van der Waals surface area contributed by atoms with E-state index in [-0.39, 0.29) is 48.5 Å². The fraction of sp³-hybridized carbons (Fsp3) is 0.533. The number of hydrogen-bond acceptors (Lipinski definition) is 7. The van der Waals surface area contributed by atoms with E-state index in [0.29, 0.717) is 13.1 Å². The number of halogens is 3. The number of benzene rings is 1. The average molecular weight is 459 g/mol. The molecule has 10 nitrogen and oxygen atoms in total. The number of anilines is 1. The second-order valence-electron chi connectivity index (χ2n) is 5.80. The Bertz CT molecular complexity index is 664. The summed E-state index contributed by atoms with van der Waals surface area (Å²) in [4.78, 5) is 37.1. The fourth-order valence-electron chi connectivity index (χ4n) is 2.37. The monoisotopic (exact) mass is 457 g/mol. The standard InChI is InChI=1S/C15H21Cl2N5O5.ClH/c1-19(2)8-5-18-15(23)11-9-12(21(24)25)14(13(10-11)22(26)27)20(6-3-16)7-4-17;/h9-10H,3-8H2,1-2H3,(H,18,23);1H. The first-order valence-corrected chi connectivity index (χ1v) is 9.06. The minimum Gasteiger partial charge on any atom is -0.358 e. The van der Waals surface area contributed by atoms with Gasteiger partial charge in [0.1, 0.15) is 0 Å². The van der Waals surface area contributed by atoms with Crippen LogP contribution < -0.4 is 10.2 Å². The molecule has 0 bridgehead atoms. The summed E-state index contributed by atoms with van der Waals surface area (Å²) in [5, 5.41) is 25.7. The van der Waals surface area contributed by atoms with Gasteiger partial charge in [-0.05, 0) is 14.1 Å².